The molecular formula is C25H26N2O2. The van der Waals surface area contributed by atoms with Crippen LogP contribution in [-0.4, -0.2) is 32.2 Å². The molecule has 1 fully saturated rings. The molecule has 1 N–H and O–H groups in total. The molecule has 0 bridgehead atoms. The van der Waals surface area contributed by atoms with Crippen LogP contribution in [0.15, 0.2) is 72.8 Å². The summed E-state index contributed by atoms with van der Waals surface area (Å²) >= 11 is 0. The number of morpholine rings is 1. The molecule has 4 rings (SSSR count). The van der Waals surface area contributed by atoms with Gasteiger partial charge in [-0.05, 0) is 47.0 Å². The van der Waals surface area contributed by atoms with E-state index in [2.05, 4.69) is 52.7 Å². The van der Waals surface area contributed by atoms with Crippen molar-refractivity contribution < 1.29 is 9.53 Å². The minimum Gasteiger partial charge on any atom is -0.378 e. The maximum Gasteiger partial charge on any atom is 0.244 e. The molecule has 3 aromatic carbocycles. The Morgan fingerprint density at radius 1 is 1.00 bits per heavy atom. The molecule has 1 saturated heterocycles. The number of hydrogen-bond donors (Lipinski definition) is 1. The fourth-order valence-electron chi connectivity index (χ4n) is 3.70. The van der Waals surface area contributed by atoms with Gasteiger partial charge in [-0.3, -0.25) is 4.79 Å². The lowest BCUT2D eigenvalue weighted by Crippen LogP contribution is -2.36. The molecule has 0 aromatic heterocycles. The number of benzene rings is 3. The number of hydrogen-bond acceptors (Lipinski definition) is 3. The predicted molar refractivity (Wildman–Crippen MR) is 119 cm³/mol. The van der Waals surface area contributed by atoms with Crippen LogP contribution in [0.5, 0.6) is 0 Å². The molecule has 1 amide bonds. The summed E-state index contributed by atoms with van der Waals surface area (Å²) < 4.78 is 5.41. The number of nitrogens with zero attached hydrogens (tertiary/aromatic N) is 1. The van der Waals surface area contributed by atoms with Crippen LogP contribution in [0.4, 0.5) is 5.69 Å². The van der Waals surface area contributed by atoms with Crippen LogP contribution in [0.3, 0.4) is 0 Å². The van der Waals surface area contributed by atoms with Crippen molar-refractivity contribution in [2.75, 3.05) is 31.2 Å². The zero-order valence-electron chi connectivity index (χ0n) is 16.7. The summed E-state index contributed by atoms with van der Waals surface area (Å²) in [7, 11) is 0. The largest absolute Gasteiger partial charge is 0.378 e. The van der Waals surface area contributed by atoms with E-state index in [1.807, 2.05) is 37.3 Å². The van der Waals surface area contributed by atoms with Gasteiger partial charge in [-0.2, -0.15) is 0 Å². The Morgan fingerprint density at radius 3 is 2.52 bits per heavy atom. The first-order valence-electron chi connectivity index (χ1n) is 10.1. The van der Waals surface area contributed by atoms with E-state index in [0.29, 0.717) is 0 Å². The van der Waals surface area contributed by atoms with Gasteiger partial charge in [-0.15, -0.1) is 0 Å². The third-order valence-electron chi connectivity index (χ3n) is 5.37. The molecule has 29 heavy (non-hydrogen) atoms. The van der Waals surface area contributed by atoms with Crippen LogP contribution in [-0.2, 0) is 9.53 Å². The average molecular weight is 386 g/mol. The van der Waals surface area contributed by atoms with Gasteiger partial charge in [-0.1, -0.05) is 54.6 Å². The molecule has 1 aliphatic heterocycles. The Morgan fingerprint density at radius 2 is 1.72 bits per heavy atom. The van der Waals surface area contributed by atoms with E-state index in [1.54, 1.807) is 6.08 Å². The Labute approximate surface area is 171 Å². The van der Waals surface area contributed by atoms with Gasteiger partial charge in [0.2, 0.25) is 5.91 Å². The lowest BCUT2D eigenvalue weighted by Gasteiger charge is -2.29. The van der Waals surface area contributed by atoms with Crippen LogP contribution in [0.2, 0.25) is 0 Å². The van der Waals surface area contributed by atoms with Gasteiger partial charge in [0.05, 0.1) is 19.3 Å². The molecule has 1 atom stereocenters. The molecule has 0 radical (unpaired) electrons. The van der Waals surface area contributed by atoms with Crippen LogP contribution >= 0.6 is 0 Å². The highest BCUT2D eigenvalue weighted by molar-refractivity contribution is 5.96. The third-order valence-corrected chi connectivity index (χ3v) is 5.37. The average Bonchev–Trinajstić information content (AvgIpc) is 2.78. The quantitative estimate of drug-likeness (QED) is 0.653. The maximum absolute atomic E-state index is 12.4. The van der Waals surface area contributed by atoms with Crippen molar-refractivity contribution in [1.82, 2.24) is 5.32 Å². The van der Waals surface area contributed by atoms with Gasteiger partial charge in [0, 0.05) is 24.9 Å². The van der Waals surface area contributed by atoms with Crippen molar-refractivity contribution in [2.24, 2.45) is 0 Å². The Balaban J connectivity index is 1.39. The minimum atomic E-state index is -0.0947. The van der Waals surface area contributed by atoms with Crippen LogP contribution in [0.1, 0.15) is 24.1 Å². The van der Waals surface area contributed by atoms with Gasteiger partial charge < -0.3 is 15.0 Å². The number of carbonyl (C=O) groups excluding carboxylic acids is 1. The fourth-order valence-corrected chi connectivity index (χ4v) is 3.70. The molecule has 4 nitrogen and oxygen atoms in total. The van der Waals surface area contributed by atoms with Crippen molar-refractivity contribution in [3.8, 4) is 0 Å². The number of ether oxygens (including phenoxy) is 1. The zero-order chi connectivity index (χ0) is 20.1. The normalized spacial score (nSPS) is 15.6. The highest BCUT2D eigenvalue weighted by Gasteiger charge is 2.12. The van der Waals surface area contributed by atoms with Gasteiger partial charge in [0.1, 0.15) is 0 Å². The zero-order valence-corrected chi connectivity index (χ0v) is 16.7. The monoisotopic (exact) mass is 386 g/mol. The van der Waals surface area contributed by atoms with Crippen LogP contribution in [0.25, 0.3) is 16.8 Å². The van der Waals surface area contributed by atoms with Crippen molar-refractivity contribution in [2.45, 2.75) is 13.0 Å². The van der Waals surface area contributed by atoms with Crippen molar-refractivity contribution in [1.29, 1.82) is 0 Å². The fraction of sp³-hybridized carbons (Fsp3) is 0.240. The SMILES string of the molecule is CC(NC(=O)/C=C/c1cccc2ccccc12)c1ccc(N2CCOCC2)cc1. The van der Waals surface area contributed by atoms with Gasteiger partial charge in [0.25, 0.3) is 0 Å². The molecule has 0 saturated carbocycles. The summed E-state index contributed by atoms with van der Waals surface area (Å²) in [5, 5.41) is 5.37. The second-order valence-corrected chi connectivity index (χ2v) is 7.32. The summed E-state index contributed by atoms with van der Waals surface area (Å²) in [4.78, 5) is 14.8. The molecule has 1 unspecified atom stereocenters. The topological polar surface area (TPSA) is 41.6 Å². The van der Waals surface area contributed by atoms with E-state index >= 15 is 0 Å². The molecule has 4 heteroatoms. The number of rotatable bonds is 5. The highest BCUT2D eigenvalue weighted by Crippen LogP contribution is 2.21. The first-order valence-corrected chi connectivity index (χ1v) is 10.1. The van der Waals surface area contributed by atoms with E-state index < -0.39 is 0 Å². The van der Waals surface area contributed by atoms with Crippen molar-refractivity contribution in [3.63, 3.8) is 0 Å². The summed E-state index contributed by atoms with van der Waals surface area (Å²) in [6.45, 7) is 5.40. The predicted octanol–water partition coefficient (Wildman–Crippen LogP) is 4.57. The highest BCUT2D eigenvalue weighted by atomic mass is 16.5. The number of amides is 1. The van der Waals surface area contributed by atoms with E-state index in [9.17, 15) is 4.79 Å². The summed E-state index contributed by atoms with van der Waals surface area (Å²) in [5.41, 5.74) is 3.33. The van der Waals surface area contributed by atoms with E-state index in [-0.39, 0.29) is 11.9 Å². The molecule has 3 aromatic rings. The number of nitrogens with one attached hydrogen (secondary N) is 1. The van der Waals surface area contributed by atoms with E-state index in [4.69, 9.17) is 4.74 Å². The Bertz CT molecular complexity index is 1000. The second-order valence-electron chi connectivity index (χ2n) is 7.32. The van der Waals surface area contributed by atoms with Crippen LogP contribution < -0.4 is 10.2 Å². The van der Waals surface area contributed by atoms with E-state index in [0.717, 1.165) is 42.8 Å². The number of fused-ring (bicyclic) bond motifs is 1. The second kappa shape index (κ2) is 8.93. The Hall–Kier alpha value is -3.11. The lowest BCUT2D eigenvalue weighted by atomic mass is 10.0. The van der Waals surface area contributed by atoms with Crippen LogP contribution in [0, 0.1) is 0 Å². The lowest BCUT2D eigenvalue weighted by molar-refractivity contribution is -0.117. The van der Waals surface area contributed by atoms with Gasteiger partial charge in [0.15, 0.2) is 0 Å². The van der Waals surface area contributed by atoms with Crippen molar-refractivity contribution in [3.05, 3.63) is 83.9 Å². The standard InChI is InChI=1S/C25H26N2O2/c1-19(20-9-12-23(13-10-20)27-15-17-29-18-16-27)26-25(28)14-11-22-7-4-6-21-5-2-3-8-24(21)22/h2-14,19H,15-18H2,1H3,(H,26,28)/b14-11+. The third kappa shape index (κ3) is 4.66. The smallest absolute Gasteiger partial charge is 0.244 e. The van der Waals surface area contributed by atoms with Crippen molar-refractivity contribution >= 4 is 28.4 Å². The first kappa shape index (κ1) is 19.2. The van der Waals surface area contributed by atoms with Gasteiger partial charge in [-0.25, -0.2) is 0 Å². The first-order chi connectivity index (χ1) is 14.2. The molecular weight excluding hydrogens is 360 g/mol. The summed E-state index contributed by atoms with van der Waals surface area (Å²) in [6, 6.07) is 22.7. The molecule has 1 heterocycles. The Kier molecular flexibility index (Phi) is 5.92. The number of carbonyl (C=O) groups is 1. The molecule has 1 aliphatic rings. The summed E-state index contributed by atoms with van der Waals surface area (Å²) in [5.74, 6) is -0.0947. The van der Waals surface area contributed by atoms with Gasteiger partial charge >= 0.3 is 0 Å². The molecule has 0 spiro atoms. The van der Waals surface area contributed by atoms with E-state index in [1.165, 1.54) is 11.1 Å². The summed E-state index contributed by atoms with van der Waals surface area (Å²) in [6.07, 6.45) is 3.49. The molecule has 148 valence electrons. The number of anilines is 1. The maximum atomic E-state index is 12.4. The minimum absolute atomic E-state index is 0.0570. The molecule has 0 aliphatic carbocycles.